The lowest BCUT2D eigenvalue weighted by Gasteiger charge is -2.25. The van der Waals surface area contributed by atoms with Gasteiger partial charge in [-0.3, -0.25) is 4.79 Å². The van der Waals surface area contributed by atoms with Crippen LogP contribution in [0.15, 0.2) is 34.4 Å². The van der Waals surface area contributed by atoms with Gasteiger partial charge in [-0.15, -0.1) is 4.40 Å². The standard InChI is InChI=1S/C18H23N3O5S/c1-21-16(18(22)19-12-6-4-5-7-12)11-15(20-27(21,23)24)14-10-13(25-2)8-9-17(14)26-3/h8-12H,4-7H2,1-3H3,(H,19,22). The summed E-state index contributed by atoms with van der Waals surface area (Å²) in [6, 6.07) is 5.06. The first kappa shape index (κ1) is 19.2. The minimum absolute atomic E-state index is 0.0248. The topological polar surface area (TPSA) is 97.3 Å². The lowest BCUT2D eigenvalue weighted by atomic mass is 10.1. The van der Waals surface area contributed by atoms with Crippen molar-refractivity contribution < 1.29 is 22.7 Å². The Hall–Kier alpha value is -2.55. The summed E-state index contributed by atoms with van der Waals surface area (Å²) >= 11 is 0. The summed E-state index contributed by atoms with van der Waals surface area (Å²) in [5.41, 5.74) is 0.580. The van der Waals surface area contributed by atoms with E-state index in [0.29, 0.717) is 17.1 Å². The minimum atomic E-state index is -4.04. The molecule has 2 aliphatic rings. The highest BCUT2D eigenvalue weighted by Crippen LogP contribution is 2.29. The van der Waals surface area contributed by atoms with Crippen LogP contribution in [0.5, 0.6) is 11.5 Å². The first-order valence-corrected chi connectivity index (χ1v) is 10.1. The predicted octanol–water partition coefficient (Wildman–Crippen LogP) is 1.63. The molecule has 1 aromatic carbocycles. The number of hydrogen-bond acceptors (Lipinski definition) is 5. The fourth-order valence-corrected chi connectivity index (χ4v) is 4.14. The quantitative estimate of drug-likeness (QED) is 0.820. The second-order valence-corrected chi connectivity index (χ2v) is 8.10. The van der Waals surface area contributed by atoms with Crippen molar-refractivity contribution >= 4 is 21.8 Å². The maximum absolute atomic E-state index is 12.7. The van der Waals surface area contributed by atoms with E-state index in [2.05, 4.69) is 9.71 Å². The van der Waals surface area contributed by atoms with Gasteiger partial charge in [0.05, 0.1) is 19.9 Å². The molecule has 1 amide bonds. The smallest absolute Gasteiger partial charge is 0.345 e. The molecule has 1 aliphatic heterocycles. The number of carbonyl (C=O) groups excluding carboxylic acids is 1. The third kappa shape index (κ3) is 3.92. The number of carbonyl (C=O) groups is 1. The summed E-state index contributed by atoms with van der Waals surface area (Å²) in [7, 11) is 0.271. The molecule has 0 aromatic heterocycles. The lowest BCUT2D eigenvalue weighted by molar-refractivity contribution is -0.119. The number of nitrogens with zero attached hydrogens (tertiary/aromatic N) is 2. The van der Waals surface area contributed by atoms with Gasteiger partial charge in [-0.05, 0) is 37.1 Å². The van der Waals surface area contributed by atoms with Gasteiger partial charge in [0.15, 0.2) is 0 Å². The van der Waals surface area contributed by atoms with E-state index in [-0.39, 0.29) is 17.5 Å². The number of nitrogens with one attached hydrogen (secondary N) is 1. The van der Waals surface area contributed by atoms with E-state index in [1.54, 1.807) is 18.2 Å². The summed E-state index contributed by atoms with van der Waals surface area (Å²) in [4.78, 5) is 12.7. The Morgan fingerprint density at radius 1 is 1.22 bits per heavy atom. The van der Waals surface area contributed by atoms with Gasteiger partial charge in [0.2, 0.25) is 0 Å². The van der Waals surface area contributed by atoms with Gasteiger partial charge in [0, 0.05) is 18.7 Å². The van der Waals surface area contributed by atoms with Gasteiger partial charge in [-0.1, -0.05) is 12.8 Å². The number of likely N-dealkylation sites (N-methyl/N-ethyl adjacent to an activating group) is 1. The maximum Gasteiger partial charge on any atom is 0.345 e. The number of ether oxygens (including phenoxy) is 2. The van der Waals surface area contributed by atoms with Gasteiger partial charge in [-0.2, -0.15) is 8.42 Å². The van der Waals surface area contributed by atoms with Crippen LogP contribution in [0.4, 0.5) is 0 Å². The highest BCUT2D eigenvalue weighted by molar-refractivity contribution is 7.88. The Bertz CT molecular complexity index is 902. The highest BCUT2D eigenvalue weighted by atomic mass is 32.2. The molecule has 3 rings (SSSR count). The van der Waals surface area contributed by atoms with Crippen LogP contribution in [0, 0.1) is 0 Å². The SMILES string of the molecule is COc1ccc(OC)c(C2=NS(=O)(=O)N(C)C(C(=O)NC3CCCC3)=C2)c1. The van der Waals surface area contributed by atoms with Crippen molar-refractivity contribution in [2.45, 2.75) is 31.7 Å². The van der Waals surface area contributed by atoms with Crippen molar-refractivity contribution in [3.63, 3.8) is 0 Å². The average molecular weight is 393 g/mol. The second-order valence-electron chi connectivity index (χ2n) is 6.47. The number of amides is 1. The van der Waals surface area contributed by atoms with Gasteiger partial charge < -0.3 is 14.8 Å². The Labute approximate surface area is 159 Å². The van der Waals surface area contributed by atoms with Gasteiger partial charge in [-0.25, -0.2) is 4.31 Å². The molecule has 1 fully saturated rings. The van der Waals surface area contributed by atoms with Crippen LogP contribution in [0.1, 0.15) is 31.2 Å². The van der Waals surface area contributed by atoms with Crippen molar-refractivity contribution in [3.05, 3.63) is 35.5 Å². The first-order chi connectivity index (χ1) is 12.9. The maximum atomic E-state index is 12.7. The molecule has 1 saturated carbocycles. The molecule has 0 radical (unpaired) electrons. The third-order valence-corrected chi connectivity index (χ3v) is 6.09. The normalized spacial score (nSPS) is 19.3. The molecule has 1 aliphatic carbocycles. The van der Waals surface area contributed by atoms with E-state index in [0.717, 1.165) is 30.0 Å². The zero-order chi connectivity index (χ0) is 19.6. The molecule has 0 atom stereocenters. The number of allylic oxidation sites excluding steroid dienone is 1. The summed E-state index contributed by atoms with van der Waals surface area (Å²) in [6.45, 7) is 0. The van der Waals surface area contributed by atoms with Gasteiger partial charge in [0.25, 0.3) is 5.91 Å². The Kier molecular flexibility index (Phi) is 5.41. The minimum Gasteiger partial charge on any atom is -0.497 e. The third-order valence-electron chi connectivity index (χ3n) is 4.78. The second kappa shape index (κ2) is 7.59. The fourth-order valence-electron chi connectivity index (χ4n) is 3.24. The van der Waals surface area contributed by atoms with Gasteiger partial charge in [0.1, 0.15) is 17.2 Å². The zero-order valence-corrected chi connectivity index (χ0v) is 16.4. The Balaban J connectivity index is 2.02. The first-order valence-electron chi connectivity index (χ1n) is 8.69. The monoisotopic (exact) mass is 393 g/mol. The number of methoxy groups -OCH3 is 2. The largest absolute Gasteiger partial charge is 0.497 e. The number of rotatable bonds is 5. The van der Waals surface area contributed by atoms with E-state index < -0.39 is 16.1 Å². The molecule has 1 aromatic rings. The lowest BCUT2D eigenvalue weighted by Crippen LogP contribution is -2.41. The zero-order valence-electron chi connectivity index (χ0n) is 15.6. The van der Waals surface area contributed by atoms with Crippen molar-refractivity contribution in [2.24, 2.45) is 4.40 Å². The van der Waals surface area contributed by atoms with Crippen LogP contribution < -0.4 is 14.8 Å². The molecule has 0 bridgehead atoms. The average Bonchev–Trinajstić information content (AvgIpc) is 3.16. The molecule has 9 heteroatoms. The molecule has 146 valence electrons. The molecule has 1 heterocycles. The van der Waals surface area contributed by atoms with E-state index in [4.69, 9.17) is 9.47 Å². The van der Waals surface area contributed by atoms with E-state index in [9.17, 15) is 13.2 Å². The van der Waals surface area contributed by atoms with Gasteiger partial charge >= 0.3 is 10.2 Å². The van der Waals surface area contributed by atoms with Crippen molar-refractivity contribution in [2.75, 3.05) is 21.3 Å². The van der Waals surface area contributed by atoms with E-state index >= 15 is 0 Å². The van der Waals surface area contributed by atoms with E-state index in [1.807, 2.05) is 0 Å². The van der Waals surface area contributed by atoms with Crippen molar-refractivity contribution in [1.82, 2.24) is 9.62 Å². The Morgan fingerprint density at radius 2 is 1.93 bits per heavy atom. The van der Waals surface area contributed by atoms with Crippen LogP contribution in [0.3, 0.4) is 0 Å². The molecule has 0 spiro atoms. The molecule has 27 heavy (non-hydrogen) atoms. The fraction of sp³-hybridized carbons (Fsp3) is 0.444. The molecule has 1 N–H and O–H groups in total. The summed E-state index contributed by atoms with van der Waals surface area (Å²) in [5.74, 6) is 0.526. The summed E-state index contributed by atoms with van der Waals surface area (Å²) < 4.78 is 40.3. The van der Waals surface area contributed by atoms with Crippen LogP contribution in [0.2, 0.25) is 0 Å². The van der Waals surface area contributed by atoms with Crippen LogP contribution in [0.25, 0.3) is 0 Å². The van der Waals surface area contributed by atoms with Crippen LogP contribution in [-0.4, -0.2) is 51.7 Å². The van der Waals surface area contributed by atoms with Crippen LogP contribution in [-0.2, 0) is 15.0 Å². The van der Waals surface area contributed by atoms with E-state index in [1.165, 1.54) is 27.3 Å². The molecule has 8 nitrogen and oxygen atoms in total. The Morgan fingerprint density at radius 3 is 2.56 bits per heavy atom. The van der Waals surface area contributed by atoms with Crippen LogP contribution >= 0.6 is 0 Å². The molecular formula is C18H23N3O5S. The number of benzene rings is 1. The highest BCUT2D eigenvalue weighted by Gasteiger charge is 2.32. The summed E-state index contributed by atoms with van der Waals surface area (Å²) in [5, 5.41) is 2.92. The molecule has 0 unspecified atom stereocenters. The van der Waals surface area contributed by atoms with Crippen molar-refractivity contribution in [3.8, 4) is 11.5 Å². The predicted molar refractivity (Wildman–Crippen MR) is 101 cm³/mol. The van der Waals surface area contributed by atoms with Crippen molar-refractivity contribution in [1.29, 1.82) is 0 Å². The molecule has 0 saturated heterocycles. The summed E-state index contributed by atoms with van der Waals surface area (Å²) in [6.07, 6.45) is 5.39. The molecular weight excluding hydrogens is 370 g/mol. The number of hydrogen-bond donors (Lipinski definition) is 1.